The zero-order chi connectivity index (χ0) is 7.82. The molecule has 0 aliphatic heterocycles. The SMILES string of the molecule is C\C=C/C=C(\C=C/C)NN. The molecule has 56 valence electrons. The maximum atomic E-state index is 5.20. The largest absolute Gasteiger partial charge is 0.324 e. The van der Waals surface area contributed by atoms with Gasteiger partial charge in [-0.3, -0.25) is 5.84 Å². The Labute approximate surface area is 62.1 Å². The fourth-order valence-electron chi connectivity index (χ4n) is 0.531. The highest BCUT2D eigenvalue weighted by atomic mass is 15.2. The zero-order valence-electron chi connectivity index (χ0n) is 6.46. The second-order valence-corrected chi connectivity index (χ2v) is 1.79. The summed E-state index contributed by atoms with van der Waals surface area (Å²) in [7, 11) is 0. The van der Waals surface area contributed by atoms with E-state index < -0.39 is 0 Å². The minimum atomic E-state index is 0.903. The van der Waals surface area contributed by atoms with E-state index in [0.717, 1.165) is 5.70 Å². The number of hydrogen-bond donors (Lipinski definition) is 2. The molecule has 0 rings (SSSR count). The number of nitrogens with two attached hydrogens (primary N) is 1. The predicted octanol–water partition coefficient (Wildman–Crippen LogP) is 1.49. The van der Waals surface area contributed by atoms with Crippen molar-refractivity contribution in [2.75, 3.05) is 0 Å². The van der Waals surface area contributed by atoms with Crippen LogP contribution in [0.4, 0.5) is 0 Å². The van der Waals surface area contributed by atoms with Gasteiger partial charge in [-0.1, -0.05) is 18.2 Å². The Morgan fingerprint density at radius 3 is 2.40 bits per heavy atom. The summed E-state index contributed by atoms with van der Waals surface area (Å²) in [6, 6.07) is 0. The Morgan fingerprint density at radius 1 is 1.30 bits per heavy atom. The van der Waals surface area contributed by atoms with Gasteiger partial charge in [0.1, 0.15) is 0 Å². The molecular formula is C8H14N2. The van der Waals surface area contributed by atoms with E-state index in [1.54, 1.807) is 0 Å². The molecule has 0 saturated heterocycles. The highest BCUT2D eigenvalue weighted by molar-refractivity contribution is 5.20. The van der Waals surface area contributed by atoms with E-state index >= 15 is 0 Å². The highest BCUT2D eigenvalue weighted by Gasteiger charge is 1.79. The standard InChI is InChI=1S/C8H14N2/c1-3-5-7-8(10-9)6-4-2/h3-7,10H,9H2,1-2H3/b5-3-,6-4-,8-7+. The third-order valence-corrected chi connectivity index (χ3v) is 0.981. The molecule has 0 radical (unpaired) electrons. The molecule has 2 nitrogen and oxygen atoms in total. The minimum absolute atomic E-state index is 0.903. The van der Waals surface area contributed by atoms with Crippen LogP contribution in [-0.2, 0) is 0 Å². The maximum Gasteiger partial charge on any atom is 0.0481 e. The van der Waals surface area contributed by atoms with E-state index in [4.69, 9.17) is 5.84 Å². The Morgan fingerprint density at radius 2 is 2.00 bits per heavy atom. The highest BCUT2D eigenvalue weighted by Crippen LogP contribution is 1.89. The molecule has 3 N–H and O–H groups in total. The first-order valence-electron chi connectivity index (χ1n) is 3.27. The van der Waals surface area contributed by atoms with E-state index in [-0.39, 0.29) is 0 Å². The lowest BCUT2D eigenvalue weighted by Gasteiger charge is -1.95. The van der Waals surface area contributed by atoms with Gasteiger partial charge in [-0.2, -0.15) is 0 Å². The lowest BCUT2D eigenvalue weighted by atomic mass is 10.3. The summed E-state index contributed by atoms with van der Waals surface area (Å²) in [5.41, 5.74) is 3.46. The van der Waals surface area contributed by atoms with Crippen LogP contribution >= 0.6 is 0 Å². The van der Waals surface area contributed by atoms with Gasteiger partial charge in [-0.05, 0) is 26.0 Å². The third kappa shape index (κ3) is 3.92. The van der Waals surface area contributed by atoms with Crippen LogP contribution in [0.1, 0.15) is 13.8 Å². The van der Waals surface area contributed by atoms with Crippen molar-refractivity contribution in [3.05, 3.63) is 36.1 Å². The maximum absolute atomic E-state index is 5.20. The van der Waals surface area contributed by atoms with Crippen molar-refractivity contribution >= 4 is 0 Å². The molecule has 0 aliphatic carbocycles. The molecule has 0 fully saturated rings. The first kappa shape index (κ1) is 8.98. The molecule has 0 unspecified atom stereocenters. The second kappa shape index (κ2) is 6.11. The topological polar surface area (TPSA) is 38.0 Å². The van der Waals surface area contributed by atoms with Crippen molar-refractivity contribution in [2.24, 2.45) is 5.84 Å². The first-order chi connectivity index (χ1) is 4.85. The third-order valence-electron chi connectivity index (χ3n) is 0.981. The monoisotopic (exact) mass is 138 g/mol. The van der Waals surface area contributed by atoms with E-state index in [1.165, 1.54) is 0 Å². The van der Waals surface area contributed by atoms with E-state index in [0.29, 0.717) is 0 Å². The summed E-state index contributed by atoms with van der Waals surface area (Å²) < 4.78 is 0. The number of allylic oxidation sites excluding steroid dienone is 5. The molecule has 0 aliphatic rings. The zero-order valence-corrected chi connectivity index (χ0v) is 6.46. The summed E-state index contributed by atoms with van der Waals surface area (Å²) in [5.74, 6) is 5.20. The van der Waals surface area contributed by atoms with Crippen LogP contribution in [0.2, 0.25) is 0 Å². The van der Waals surface area contributed by atoms with Crippen LogP contribution in [0, 0.1) is 0 Å². The van der Waals surface area contributed by atoms with Gasteiger partial charge in [0.15, 0.2) is 0 Å². The Balaban J connectivity index is 4.04. The van der Waals surface area contributed by atoms with Crippen LogP contribution in [0.5, 0.6) is 0 Å². The summed E-state index contributed by atoms with van der Waals surface area (Å²) in [5, 5.41) is 0. The average Bonchev–Trinajstić information content (AvgIpc) is 1.98. The molecule has 0 bridgehead atoms. The molecule has 2 heteroatoms. The van der Waals surface area contributed by atoms with E-state index in [1.807, 2.05) is 44.2 Å². The molecule has 0 amide bonds. The van der Waals surface area contributed by atoms with E-state index in [9.17, 15) is 0 Å². The fourth-order valence-corrected chi connectivity index (χ4v) is 0.531. The van der Waals surface area contributed by atoms with E-state index in [2.05, 4.69) is 5.43 Å². The molecule has 0 aromatic heterocycles. The minimum Gasteiger partial charge on any atom is -0.324 e. The van der Waals surface area contributed by atoms with Crippen molar-refractivity contribution in [2.45, 2.75) is 13.8 Å². The summed E-state index contributed by atoms with van der Waals surface area (Å²) in [4.78, 5) is 0. The van der Waals surface area contributed by atoms with Gasteiger partial charge in [0, 0.05) is 5.70 Å². The Kier molecular flexibility index (Phi) is 5.48. The normalized spacial score (nSPS) is 13.3. The Hall–Kier alpha value is -1.02. The van der Waals surface area contributed by atoms with Crippen molar-refractivity contribution in [1.29, 1.82) is 0 Å². The molecule has 0 aromatic carbocycles. The number of hydrogen-bond acceptors (Lipinski definition) is 2. The summed E-state index contributed by atoms with van der Waals surface area (Å²) in [6.07, 6.45) is 9.60. The van der Waals surface area contributed by atoms with Crippen molar-refractivity contribution < 1.29 is 0 Å². The van der Waals surface area contributed by atoms with Gasteiger partial charge >= 0.3 is 0 Å². The summed E-state index contributed by atoms with van der Waals surface area (Å²) >= 11 is 0. The van der Waals surface area contributed by atoms with Gasteiger partial charge in [-0.15, -0.1) is 0 Å². The van der Waals surface area contributed by atoms with Crippen molar-refractivity contribution in [3.8, 4) is 0 Å². The lowest BCUT2D eigenvalue weighted by Crippen LogP contribution is -2.19. The average molecular weight is 138 g/mol. The lowest BCUT2D eigenvalue weighted by molar-refractivity contribution is 0.916. The number of hydrazine groups is 1. The molecule has 0 aromatic rings. The smallest absolute Gasteiger partial charge is 0.0481 e. The molecule has 10 heavy (non-hydrogen) atoms. The molecule has 0 atom stereocenters. The van der Waals surface area contributed by atoms with Crippen LogP contribution < -0.4 is 11.3 Å². The van der Waals surface area contributed by atoms with Crippen LogP contribution in [-0.4, -0.2) is 0 Å². The fraction of sp³-hybridized carbons (Fsp3) is 0.250. The Bertz CT molecular complexity index is 155. The van der Waals surface area contributed by atoms with Gasteiger partial charge in [-0.25, -0.2) is 0 Å². The molecule has 0 spiro atoms. The second-order valence-electron chi connectivity index (χ2n) is 1.79. The van der Waals surface area contributed by atoms with Crippen molar-refractivity contribution in [1.82, 2.24) is 5.43 Å². The van der Waals surface area contributed by atoms with Gasteiger partial charge in [0.2, 0.25) is 0 Å². The predicted molar refractivity (Wildman–Crippen MR) is 45.0 cm³/mol. The summed E-state index contributed by atoms with van der Waals surface area (Å²) in [6.45, 7) is 3.90. The number of nitrogens with one attached hydrogen (secondary N) is 1. The number of rotatable bonds is 3. The van der Waals surface area contributed by atoms with Crippen molar-refractivity contribution in [3.63, 3.8) is 0 Å². The van der Waals surface area contributed by atoms with Gasteiger partial charge < -0.3 is 5.43 Å². The molecule has 0 saturated carbocycles. The van der Waals surface area contributed by atoms with Crippen LogP contribution in [0.25, 0.3) is 0 Å². The quantitative estimate of drug-likeness (QED) is 0.352. The first-order valence-corrected chi connectivity index (χ1v) is 3.27. The van der Waals surface area contributed by atoms with Crippen LogP contribution in [0.3, 0.4) is 0 Å². The van der Waals surface area contributed by atoms with Crippen LogP contribution in [0.15, 0.2) is 36.1 Å². The van der Waals surface area contributed by atoms with Gasteiger partial charge in [0.25, 0.3) is 0 Å². The molecular weight excluding hydrogens is 124 g/mol. The van der Waals surface area contributed by atoms with Gasteiger partial charge in [0.05, 0.1) is 0 Å². The molecule has 0 heterocycles.